The van der Waals surface area contributed by atoms with E-state index in [4.69, 9.17) is 0 Å². The molecule has 2 N–H and O–H groups in total. The Labute approximate surface area is 101 Å². The van der Waals surface area contributed by atoms with E-state index < -0.39 is 0 Å². The van der Waals surface area contributed by atoms with Crippen molar-refractivity contribution in [1.29, 1.82) is 0 Å². The van der Waals surface area contributed by atoms with Crippen molar-refractivity contribution in [2.75, 3.05) is 12.8 Å². The van der Waals surface area contributed by atoms with Crippen molar-refractivity contribution in [3.05, 3.63) is 29.8 Å². The maximum Gasteiger partial charge on any atom is 0.0692 e. The molecule has 0 heterocycles. The number of hydrogen-bond donors (Lipinski definition) is 2. The Kier molecular flexibility index (Phi) is 4.27. The van der Waals surface area contributed by atoms with Gasteiger partial charge in [0.05, 0.1) is 6.10 Å². The first-order valence-electron chi connectivity index (χ1n) is 5.81. The fourth-order valence-corrected chi connectivity index (χ4v) is 2.16. The predicted octanol–water partition coefficient (Wildman–Crippen LogP) is 2.27. The molecule has 2 rings (SSSR count). The Balaban J connectivity index is 1.71. The van der Waals surface area contributed by atoms with Crippen molar-refractivity contribution < 1.29 is 5.11 Å². The van der Waals surface area contributed by atoms with Gasteiger partial charge in [-0.25, -0.2) is 0 Å². The molecule has 0 saturated heterocycles. The van der Waals surface area contributed by atoms with Gasteiger partial charge in [-0.15, -0.1) is 11.8 Å². The molecule has 0 spiro atoms. The summed E-state index contributed by atoms with van der Waals surface area (Å²) in [4.78, 5) is 1.29. The minimum Gasteiger partial charge on any atom is -0.392 e. The fraction of sp³-hybridized carbons (Fsp3) is 0.538. The largest absolute Gasteiger partial charge is 0.392 e. The number of nitrogens with one attached hydrogen (secondary N) is 1. The van der Waals surface area contributed by atoms with Gasteiger partial charge in [-0.2, -0.15) is 0 Å². The minimum absolute atomic E-state index is 0.148. The van der Waals surface area contributed by atoms with Crippen LogP contribution >= 0.6 is 11.8 Å². The number of benzene rings is 1. The summed E-state index contributed by atoms with van der Waals surface area (Å²) in [7, 11) is 0. The van der Waals surface area contributed by atoms with E-state index in [1.807, 2.05) is 0 Å². The second kappa shape index (κ2) is 5.71. The molecule has 88 valence electrons. The van der Waals surface area contributed by atoms with Crippen LogP contribution in [0.5, 0.6) is 0 Å². The Morgan fingerprint density at radius 1 is 1.38 bits per heavy atom. The third kappa shape index (κ3) is 3.51. The van der Waals surface area contributed by atoms with Gasteiger partial charge < -0.3 is 10.4 Å². The molecule has 1 aromatic carbocycles. The van der Waals surface area contributed by atoms with E-state index in [-0.39, 0.29) is 6.10 Å². The molecule has 1 aliphatic rings. The average molecular weight is 237 g/mol. The van der Waals surface area contributed by atoms with Crippen LogP contribution in [-0.4, -0.2) is 24.0 Å². The maximum absolute atomic E-state index is 9.68. The second-order valence-corrected chi connectivity index (χ2v) is 5.26. The van der Waals surface area contributed by atoms with Crippen LogP contribution in [-0.2, 0) is 6.54 Å². The summed E-state index contributed by atoms with van der Waals surface area (Å²) in [6, 6.07) is 8.56. The van der Waals surface area contributed by atoms with Crippen LogP contribution < -0.4 is 5.32 Å². The van der Waals surface area contributed by atoms with Crippen molar-refractivity contribution in [1.82, 2.24) is 5.32 Å². The normalized spacial score (nSPS) is 17.4. The Morgan fingerprint density at radius 2 is 2.06 bits per heavy atom. The molecule has 16 heavy (non-hydrogen) atoms. The van der Waals surface area contributed by atoms with Crippen molar-refractivity contribution in [2.24, 2.45) is 5.92 Å². The zero-order valence-corrected chi connectivity index (χ0v) is 10.5. The Hall–Kier alpha value is -0.510. The number of aliphatic hydroxyl groups is 1. The van der Waals surface area contributed by atoms with E-state index >= 15 is 0 Å². The van der Waals surface area contributed by atoms with Crippen LogP contribution in [0.3, 0.4) is 0 Å². The highest BCUT2D eigenvalue weighted by atomic mass is 32.2. The number of rotatable bonds is 6. The van der Waals surface area contributed by atoms with Crippen molar-refractivity contribution >= 4 is 11.8 Å². The van der Waals surface area contributed by atoms with Gasteiger partial charge in [-0.05, 0) is 42.7 Å². The van der Waals surface area contributed by atoms with Crippen LogP contribution in [0.25, 0.3) is 0 Å². The lowest BCUT2D eigenvalue weighted by Gasteiger charge is -2.10. The molecule has 0 bridgehead atoms. The molecule has 0 aliphatic heterocycles. The minimum atomic E-state index is -0.148. The van der Waals surface area contributed by atoms with Gasteiger partial charge in [0.15, 0.2) is 0 Å². The highest BCUT2D eigenvalue weighted by molar-refractivity contribution is 7.98. The van der Waals surface area contributed by atoms with E-state index in [1.165, 1.54) is 23.3 Å². The summed E-state index contributed by atoms with van der Waals surface area (Å²) >= 11 is 1.76. The number of aliphatic hydroxyl groups excluding tert-OH is 1. The van der Waals surface area contributed by atoms with Crippen molar-refractivity contribution in [2.45, 2.75) is 30.4 Å². The number of thioether (sulfide) groups is 1. The van der Waals surface area contributed by atoms with E-state index in [0.29, 0.717) is 5.92 Å². The molecule has 3 heteroatoms. The van der Waals surface area contributed by atoms with Gasteiger partial charge in [-0.3, -0.25) is 0 Å². The lowest BCUT2D eigenvalue weighted by molar-refractivity contribution is 0.148. The van der Waals surface area contributed by atoms with Gasteiger partial charge in [0.2, 0.25) is 0 Å². The standard InChI is InChI=1S/C13H19NOS/c1-16-12-6-2-10(3-7-12)8-14-9-13(15)11-4-5-11/h2-3,6-7,11,13-15H,4-5,8-9H2,1H3. The van der Waals surface area contributed by atoms with Crippen LogP contribution in [0.1, 0.15) is 18.4 Å². The highest BCUT2D eigenvalue weighted by Gasteiger charge is 2.28. The van der Waals surface area contributed by atoms with Crippen molar-refractivity contribution in [3.63, 3.8) is 0 Å². The third-order valence-electron chi connectivity index (χ3n) is 3.01. The third-order valence-corrected chi connectivity index (χ3v) is 3.75. The molecule has 1 atom stereocenters. The molecule has 2 nitrogen and oxygen atoms in total. The van der Waals surface area contributed by atoms with Gasteiger partial charge in [0.1, 0.15) is 0 Å². The van der Waals surface area contributed by atoms with E-state index in [9.17, 15) is 5.11 Å². The summed E-state index contributed by atoms with van der Waals surface area (Å²) in [6.45, 7) is 1.56. The molecule has 1 aliphatic carbocycles. The average Bonchev–Trinajstić information content (AvgIpc) is 3.14. The smallest absolute Gasteiger partial charge is 0.0692 e. The van der Waals surface area contributed by atoms with Gasteiger partial charge in [0, 0.05) is 18.0 Å². The first-order chi connectivity index (χ1) is 7.79. The van der Waals surface area contributed by atoms with Gasteiger partial charge in [-0.1, -0.05) is 12.1 Å². The monoisotopic (exact) mass is 237 g/mol. The molecular weight excluding hydrogens is 218 g/mol. The zero-order valence-electron chi connectivity index (χ0n) is 9.65. The van der Waals surface area contributed by atoms with E-state index in [1.54, 1.807) is 11.8 Å². The quantitative estimate of drug-likeness (QED) is 0.744. The molecule has 0 aromatic heterocycles. The van der Waals surface area contributed by atoms with Crippen LogP contribution in [0.2, 0.25) is 0 Å². The summed E-state index contributed by atoms with van der Waals surface area (Å²) in [5.74, 6) is 0.561. The summed E-state index contributed by atoms with van der Waals surface area (Å²) in [5.41, 5.74) is 1.28. The Morgan fingerprint density at radius 3 is 2.62 bits per heavy atom. The summed E-state index contributed by atoms with van der Waals surface area (Å²) in [5, 5.41) is 13.0. The molecule has 0 amide bonds. The molecule has 1 saturated carbocycles. The lowest BCUT2D eigenvalue weighted by atomic mass is 10.2. The molecule has 1 aromatic rings. The SMILES string of the molecule is CSc1ccc(CNCC(O)C2CC2)cc1. The Bertz CT molecular complexity index is 321. The first-order valence-corrected chi connectivity index (χ1v) is 7.04. The van der Waals surface area contributed by atoms with Gasteiger partial charge >= 0.3 is 0 Å². The van der Waals surface area contributed by atoms with Crippen LogP contribution in [0, 0.1) is 5.92 Å². The molecule has 1 unspecified atom stereocenters. The predicted molar refractivity (Wildman–Crippen MR) is 68.7 cm³/mol. The van der Waals surface area contributed by atoms with Gasteiger partial charge in [0.25, 0.3) is 0 Å². The molecule has 1 fully saturated rings. The highest BCUT2D eigenvalue weighted by Crippen LogP contribution is 2.32. The number of hydrogen-bond acceptors (Lipinski definition) is 3. The fourth-order valence-electron chi connectivity index (χ4n) is 1.76. The van der Waals surface area contributed by atoms with E-state index in [2.05, 4.69) is 35.8 Å². The summed E-state index contributed by atoms with van der Waals surface area (Å²) in [6.07, 6.45) is 4.33. The lowest BCUT2D eigenvalue weighted by Crippen LogP contribution is -2.27. The van der Waals surface area contributed by atoms with Crippen molar-refractivity contribution in [3.8, 4) is 0 Å². The summed E-state index contributed by atoms with van der Waals surface area (Å²) < 4.78 is 0. The second-order valence-electron chi connectivity index (χ2n) is 4.38. The molecular formula is C13H19NOS. The maximum atomic E-state index is 9.68. The molecule has 0 radical (unpaired) electrons. The topological polar surface area (TPSA) is 32.3 Å². The first kappa shape index (κ1) is 12.0. The van der Waals surface area contributed by atoms with Crippen LogP contribution in [0.4, 0.5) is 0 Å². The van der Waals surface area contributed by atoms with E-state index in [0.717, 1.165) is 13.1 Å². The van der Waals surface area contributed by atoms with Crippen LogP contribution in [0.15, 0.2) is 29.2 Å². The zero-order chi connectivity index (χ0) is 11.4.